The van der Waals surface area contributed by atoms with E-state index in [4.69, 9.17) is 4.55 Å². The van der Waals surface area contributed by atoms with Crippen molar-refractivity contribution >= 4 is 10.4 Å². The fourth-order valence-electron chi connectivity index (χ4n) is 9.39. The second-order valence-corrected chi connectivity index (χ2v) is 14.9. The molecule has 220 valence electrons. The van der Waals surface area contributed by atoms with E-state index in [0.29, 0.717) is 25.7 Å². The summed E-state index contributed by atoms with van der Waals surface area (Å²) in [5.41, 5.74) is -4.02. The van der Waals surface area contributed by atoms with Gasteiger partial charge in [-0.05, 0) is 61.2 Å². The molecular weight excluding hydrogens is 512 g/mol. The summed E-state index contributed by atoms with van der Waals surface area (Å²) in [7, 11) is -4.53. The Hall–Kier alpha value is -0.590. The van der Waals surface area contributed by atoms with Gasteiger partial charge in [-0.25, -0.2) is 4.18 Å². The number of allylic oxidation sites excluding steroid dienone is 1. The molecule has 0 radical (unpaired) electrons. The van der Waals surface area contributed by atoms with Gasteiger partial charge in [0.15, 0.2) is 0 Å². The molecular formula is C28H48O9S. The van der Waals surface area contributed by atoms with E-state index in [1.54, 1.807) is 0 Å². The molecule has 9 nitrogen and oxygen atoms in total. The van der Waals surface area contributed by atoms with Crippen LogP contribution in [0.3, 0.4) is 0 Å². The zero-order valence-electron chi connectivity index (χ0n) is 23.3. The van der Waals surface area contributed by atoms with Crippen LogP contribution in [0.5, 0.6) is 0 Å². The van der Waals surface area contributed by atoms with Crippen molar-refractivity contribution in [2.45, 2.75) is 109 Å². The number of fused-ring (bicyclic) bond motifs is 5. The quantitative estimate of drug-likeness (QED) is 0.203. The van der Waals surface area contributed by atoms with Crippen LogP contribution >= 0.6 is 0 Å². The van der Waals surface area contributed by atoms with Crippen LogP contribution in [0.4, 0.5) is 0 Å². The molecule has 0 heterocycles. The molecule has 0 aromatic heterocycles. The maximum absolute atomic E-state index is 12.4. The third-order valence-corrected chi connectivity index (χ3v) is 11.9. The molecule has 0 spiro atoms. The lowest BCUT2D eigenvalue weighted by Crippen LogP contribution is -2.75. The van der Waals surface area contributed by atoms with Gasteiger partial charge in [0.1, 0.15) is 0 Å². The van der Waals surface area contributed by atoms with Gasteiger partial charge in [0.2, 0.25) is 0 Å². The predicted octanol–water partition coefficient (Wildman–Crippen LogP) is 2.46. The molecule has 3 unspecified atom stereocenters. The highest BCUT2D eigenvalue weighted by atomic mass is 32.3. The van der Waals surface area contributed by atoms with E-state index in [-0.39, 0.29) is 49.0 Å². The normalized spacial score (nSPS) is 48.9. The summed E-state index contributed by atoms with van der Waals surface area (Å²) in [4.78, 5) is 0. The first-order chi connectivity index (χ1) is 17.4. The Morgan fingerprint density at radius 1 is 1.00 bits per heavy atom. The summed E-state index contributed by atoms with van der Waals surface area (Å²) in [6, 6.07) is 0. The predicted molar refractivity (Wildman–Crippen MR) is 141 cm³/mol. The molecule has 6 N–H and O–H groups in total. The summed E-state index contributed by atoms with van der Waals surface area (Å²) >= 11 is 0. The highest BCUT2D eigenvalue weighted by molar-refractivity contribution is 7.80. The van der Waals surface area contributed by atoms with Gasteiger partial charge in [0, 0.05) is 30.1 Å². The fraction of sp³-hybridized carbons (Fsp3) is 0.929. The van der Waals surface area contributed by atoms with Crippen LogP contribution in [-0.4, -0.2) is 74.6 Å². The summed E-state index contributed by atoms with van der Waals surface area (Å²) < 4.78 is 35.7. The summed E-state index contributed by atoms with van der Waals surface area (Å²) in [5, 5.41) is 57.0. The summed E-state index contributed by atoms with van der Waals surface area (Å²) in [6.07, 6.45) is 4.25. The van der Waals surface area contributed by atoms with E-state index >= 15 is 0 Å². The van der Waals surface area contributed by atoms with Gasteiger partial charge in [-0.3, -0.25) is 4.55 Å². The molecule has 4 rings (SSSR count). The number of hydrogen-bond donors (Lipinski definition) is 6. The van der Waals surface area contributed by atoms with E-state index in [0.717, 1.165) is 6.42 Å². The Labute approximate surface area is 227 Å². The molecule has 38 heavy (non-hydrogen) atoms. The maximum atomic E-state index is 12.4. The molecule has 0 saturated heterocycles. The Balaban J connectivity index is 1.60. The van der Waals surface area contributed by atoms with Crippen molar-refractivity contribution in [3.05, 3.63) is 12.2 Å². The van der Waals surface area contributed by atoms with Crippen molar-refractivity contribution in [2.24, 2.45) is 46.3 Å². The third-order valence-electron chi connectivity index (χ3n) is 11.5. The van der Waals surface area contributed by atoms with E-state index in [2.05, 4.69) is 18.0 Å². The van der Waals surface area contributed by atoms with Gasteiger partial charge in [-0.15, -0.1) is 0 Å². The minimum atomic E-state index is -4.53. The fourth-order valence-corrected chi connectivity index (χ4v) is 9.72. The zero-order chi connectivity index (χ0) is 28.5. The van der Waals surface area contributed by atoms with Crippen LogP contribution in [0.2, 0.25) is 0 Å². The van der Waals surface area contributed by atoms with Crippen molar-refractivity contribution in [1.29, 1.82) is 0 Å². The summed E-state index contributed by atoms with van der Waals surface area (Å²) in [5.74, 6) is -0.888. The number of hydrogen-bond acceptors (Lipinski definition) is 8. The Bertz CT molecular complexity index is 1020. The van der Waals surface area contributed by atoms with Gasteiger partial charge in [0.05, 0.1) is 36.1 Å². The summed E-state index contributed by atoms with van der Waals surface area (Å²) in [6.45, 7) is 9.85. The lowest BCUT2D eigenvalue weighted by molar-refractivity contribution is -0.315. The van der Waals surface area contributed by atoms with Crippen molar-refractivity contribution in [2.75, 3.05) is 6.61 Å². The Kier molecular flexibility index (Phi) is 8.03. The van der Waals surface area contributed by atoms with Crippen LogP contribution < -0.4 is 0 Å². The zero-order valence-corrected chi connectivity index (χ0v) is 24.1. The monoisotopic (exact) mass is 560 g/mol. The SMILES string of the molecule is CC(C)[C@@H](/C=C/[C@@H](C)[C@H]1CC(O)C2[C@]3(O)C[C@@H](O)[C@@]4(O)C[C@@H](O)CC[C@]4(C)C3CC[C@@]21C)COS(=O)(=O)O. The maximum Gasteiger partial charge on any atom is 0.397 e. The van der Waals surface area contributed by atoms with Crippen LogP contribution in [-0.2, 0) is 14.6 Å². The van der Waals surface area contributed by atoms with Crippen LogP contribution in [0.15, 0.2) is 12.2 Å². The first kappa shape index (κ1) is 30.4. The number of aliphatic hydroxyl groups is 5. The van der Waals surface area contributed by atoms with E-state index < -0.39 is 56.7 Å². The standard InChI is InChI=1S/C28H48O9S/c1-16(2)18(15-37-38(34,35)36)7-6-17(3)20-12-21(30)24-25(20,4)10-9-22-26(5)11-8-19(29)13-28(26,33)23(31)14-27(22,24)32/h6-7,16-24,29-33H,8-15H2,1-5H3,(H,34,35,36)/b7-6+/t17-,18+,19+,20-,21?,22?,23-,24?,25-,26-,27+,28+/m1/s1. The van der Waals surface area contributed by atoms with Gasteiger partial charge in [-0.1, -0.05) is 46.8 Å². The molecule has 0 aromatic rings. The second-order valence-electron chi connectivity index (χ2n) is 13.8. The van der Waals surface area contributed by atoms with Crippen molar-refractivity contribution in [1.82, 2.24) is 0 Å². The van der Waals surface area contributed by atoms with Gasteiger partial charge in [-0.2, -0.15) is 8.42 Å². The Morgan fingerprint density at radius 2 is 1.66 bits per heavy atom. The molecule has 10 heteroatoms. The van der Waals surface area contributed by atoms with E-state index in [1.165, 1.54) is 0 Å². The molecule has 0 amide bonds. The molecule has 4 fully saturated rings. The molecule has 12 atom stereocenters. The minimum Gasteiger partial charge on any atom is -0.393 e. The van der Waals surface area contributed by atoms with Gasteiger partial charge in [0.25, 0.3) is 0 Å². The molecule has 4 saturated carbocycles. The molecule has 4 aliphatic rings. The second kappa shape index (κ2) is 10.0. The van der Waals surface area contributed by atoms with Crippen molar-refractivity contribution in [3.63, 3.8) is 0 Å². The van der Waals surface area contributed by atoms with Crippen molar-refractivity contribution in [3.8, 4) is 0 Å². The van der Waals surface area contributed by atoms with Crippen LogP contribution in [0.25, 0.3) is 0 Å². The lowest BCUT2D eigenvalue weighted by Gasteiger charge is -2.68. The largest absolute Gasteiger partial charge is 0.397 e. The highest BCUT2D eigenvalue weighted by Gasteiger charge is 2.74. The molecule has 0 bridgehead atoms. The first-order valence-electron chi connectivity index (χ1n) is 14.2. The number of aliphatic hydroxyl groups excluding tert-OH is 3. The van der Waals surface area contributed by atoms with Crippen LogP contribution in [0.1, 0.15) is 79.6 Å². The smallest absolute Gasteiger partial charge is 0.393 e. The average Bonchev–Trinajstić information content (AvgIpc) is 3.06. The third kappa shape index (κ3) is 4.81. The number of rotatable bonds is 7. The molecule has 0 aromatic carbocycles. The van der Waals surface area contributed by atoms with Gasteiger partial charge >= 0.3 is 10.4 Å². The topological polar surface area (TPSA) is 165 Å². The van der Waals surface area contributed by atoms with Crippen LogP contribution in [0, 0.1) is 46.3 Å². The highest BCUT2D eigenvalue weighted by Crippen LogP contribution is 2.70. The van der Waals surface area contributed by atoms with E-state index in [9.17, 15) is 34.0 Å². The molecule has 0 aliphatic heterocycles. The first-order valence-corrected chi connectivity index (χ1v) is 15.5. The van der Waals surface area contributed by atoms with Crippen molar-refractivity contribution < 1.29 is 42.7 Å². The molecule has 4 aliphatic carbocycles. The Morgan fingerprint density at radius 3 is 2.26 bits per heavy atom. The lowest BCUT2D eigenvalue weighted by atomic mass is 9.40. The van der Waals surface area contributed by atoms with E-state index in [1.807, 2.05) is 32.9 Å². The van der Waals surface area contributed by atoms with Gasteiger partial charge < -0.3 is 25.5 Å². The minimum absolute atomic E-state index is 0.0117. The average molecular weight is 561 g/mol.